The van der Waals surface area contributed by atoms with Gasteiger partial charge < -0.3 is 17.0 Å². The van der Waals surface area contributed by atoms with Crippen LogP contribution in [0.3, 0.4) is 0 Å². The smallest absolute Gasteiger partial charge is 0.103 e. The molecule has 4 rings (SSSR count). The second-order valence-corrected chi connectivity index (χ2v) is 6.59. The maximum absolute atomic E-state index is 2.99. The molecule has 2 aliphatic rings. The van der Waals surface area contributed by atoms with Crippen molar-refractivity contribution in [2.75, 3.05) is 0 Å². The van der Waals surface area contributed by atoms with E-state index in [1.807, 2.05) is 24.3 Å². The Balaban J connectivity index is 0.000000400. The first-order valence-electron chi connectivity index (χ1n) is 7.83. The van der Waals surface area contributed by atoms with Gasteiger partial charge in [-0.1, -0.05) is 71.0 Å². The van der Waals surface area contributed by atoms with Crippen LogP contribution < -0.4 is 27.4 Å². The van der Waals surface area contributed by atoms with E-state index in [2.05, 4.69) is 85.0 Å². The first-order chi connectivity index (χ1) is 11.4. The zero-order chi connectivity index (χ0) is 16.0. The minimum Gasteiger partial charge on any atom is -1.00 e. The van der Waals surface area contributed by atoms with Crippen LogP contribution in [0.15, 0.2) is 97.1 Å². The minimum atomic E-state index is 0. The van der Waals surface area contributed by atoms with Crippen molar-refractivity contribution in [1.82, 2.24) is 0 Å². The fourth-order valence-corrected chi connectivity index (χ4v) is 3.19. The number of halogens is 1. The Hall–Kier alpha value is -1.03. The third-order valence-electron chi connectivity index (χ3n) is 3.10. The van der Waals surface area contributed by atoms with Crippen LogP contribution in [0, 0.1) is 12.2 Å². The molecular weight excluding hydrogens is 551 g/mol. The van der Waals surface area contributed by atoms with E-state index < -0.39 is 0 Å². The van der Waals surface area contributed by atoms with E-state index in [9.17, 15) is 0 Å². The zero-order valence-electron chi connectivity index (χ0n) is 14.1. The normalized spacial score (nSPS) is 12.2. The summed E-state index contributed by atoms with van der Waals surface area (Å²) in [5, 5.41) is 2.90. The van der Waals surface area contributed by atoms with Crippen molar-refractivity contribution in [2.24, 2.45) is 0 Å². The molecular formula is C22H21BrHfSi-3. The Morgan fingerprint density at radius 2 is 1.04 bits per heavy atom. The van der Waals surface area contributed by atoms with Gasteiger partial charge in [-0.15, -0.1) is 12.8 Å². The van der Waals surface area contributed by atoms with Crippen molar-refractivity contribution in [3.63, 3.8) is 0 Å². The molecule has 0 saturated heterocycles. The Labute approximate surface area is 183 Å². The van der Waals surface area contributed by atoms with Crippen molar-refractivity contribution in [3.8, 4) is 0 Å². The zero-order valence-corrected chi connectivity index (χ0v) is 20.4. The topological polar surface area (TPSA) is 0 Å². The quantitative estimate of drug-likeness (QED) is 0.368. The molecule has 127 valence electrons. The summed E-state index contributed by atoms with van der Waals surface area (Å²) < 4.78 is 0. The molecule has 0 amide bonds. The molecule has 0 atom stereocenters. The minimum absolute atomic E-state index is 0. The number of hydrogen-bond donors (Lipinski definition) is 0. The molecule has 3 heteroatoms. The average Bonchev–Trinajstić information content (AvgIpc) is 3.35. The van der Waals surface area contributed by atoms with Gasteiger partial charge in [0.25, 0.3) is 0 Å². The Bertz CT molecular complexity index is 581. The van der Waals surface area contributed by atoms with Gasteiger partial charge in [0, 0.05) is 25.8 Å². The van der Waals surface area contributed by atoms with Crippen LogP contribution in [0.4, 0.5) is 0 Å². The number of allylic oxidation sites excluding steroid dienone is 8. The van der Waals surface area contributed by atoms with E-state index >= 15 is 0 Å². The van der Waals surface area contributed by atoms with Crippen LogP contribution >= 0.6 is 0 Å². The van der Waals surface area contributed by atoms with Crippen molar-refractivity contribution < 1.29 is 42.8 Å². The Morgan fingerprint density at radius 3 is 1.28 bits per heavy atom. The van der Waals surface area contributed by atoms with E-state index in [4.69, 9.17) is 0 Å². The van der Waals surface area contributed by atoms with E-state index in [1.54, 1.807) is 0 Å². The summed E-state index contributed by atoms with van der Waals surface area (Å²) in [7, 11) is 0.271. The van der Waals surface area contributed by atoms with Crippen molar-refractivity contribution >= 4 is 19.9 Å². The monoisotopic (exact) mass is 572 g/mol. The van der Waals surface area contributed by atoms with Crippen molar-refractivity contribution in [1.29, 1.82) is 0 Å². The van der Waals surface area contributed by atoms with Gasteiger partial charge in [0.2, 0.25) is 0 Å². The largest absolute Gasteiger partial charge is 1.00 e. The van der Waals surface area contributed by atoms with Crippen LogP contribution in [-0.4, -0.2) is 9.52 Å². The van der Waals surface area contributed by atoms with E-state index in [0.29, 0.717) is 0 Å². The van der Waals surface area contributed by atoms with Crippen LogP contribution in [0.1, 0.15) is 12.8 Å². The molecule has 0 nitrogen and oxygen atoms in total. The van der Waals surface area contributed by atoms with Gasteiger partial charge in [-0.2, -0.15) is 12.2 Å². The van der Waals surface area contributed by atoms with E-state index in [-0.39, 0.29) is 52.3 Å². The fourth-order valence-electron chi connectivity index (χ4n) is 1.97. The van der Waals surface area contributed by atoms with Crippen LogP contribution in [-0.2, 0) is 25.8 Å². The first kappa shape index (κ1) is 24.0. The van der Waals surface area contributed by atoms with E-state index in [0.717, 1.165) is 12.8 Å². The maximum Gasteiger partial charge on any atom is 0.103 e. The SMILES string of the molecule is [Br-].[C-]1=CC=CC1.[C-]1=CC=CC1.[Hf].c1ccc([SiH]c2ccccc2)cc1. The summed E-state index contributed by atoms with van der Waals surface area (Å²) in [6.45, 7) is 0. The first-order valence-corrected chi connectivity index (χ1v) is 8.99. The Kier molecular flexibility index (Phi) is 15.8. The van der Waals surface area contributed by atoms with E-state index in [1.165, 1.54) is 10.4 Å². The van der Waals surface area contributed by atoms with Gasteiger partial charge in [0.05, 0.1) is 0 Å². The molecule has 0 aromatic heterocycles. The molecule has 1 radical (unpaired) electrons. The molecule has 2 aromatic carbocycles. The molecule has 0 bridgehead atoms. The number of hydrogen-bond acceptors (Lipinski definition) is 0. The van der Waals surface area contributed by atoms with Gasteiger partial charge in [-0.25, -0.2) is 24.3 Å². The summed E-state index contributed by atoms with van der Waals surface area (Å²) in [6, 6.07) is 21.3. The van der Waals surface area contributed by atoms with Crippen LogP contribution in [0.5, 0.6) is 0 Å². The van der Waals surface area contributed by atoms with Gasteiger partial charge in [0.15, 0.2) is 0 Å². The molecule has 0 heterocycles. The van der Waals surface area contributed by atoms with Crippen LogP contribution in [0.25, 0.3) is 0 Å². The van der Waals surface area contributed by atoms with Crippen LogP contribution in [0.2, 0.25) is 0 Å². The molecule has 2 aliphatic carbocycles. The molecule has 25 heavy (non-hydrogen) atoms. The van der Waals surface area contributed by atoms with Gasteiger partial charge >= 0.3 is 0 Å². The summed E-state index contributed by atoms with van der Waals surface area (Å²) in [5.74, 6) is 0. The maximum atomic E-state index is 2.99. The predicted molar refractivity (Wildman–Crippen MR) is 102 cm³/mol. The standard InChI is InChI=1S/C12H11Si.2C5H5.BrH.Hf/c1-3-7-11(8-4-1)13-12-9-5-2-6-10-12;2*1-2-4-5-3-1;;/h1-10,13H;2*1-3H,4H2;1H;/q;2*-1;;/p-1. The number of benzene rings is 2. The van der Waals surface area contributed by atoms with Gasteiger partial charge in [0.1, 0.15) is 9.52 Å². The third kappa shape index (κ3) is 12.0. The summed E-state index contributed by atoms with van der Waals surface area (Å²) in [6.07, 6.45) is 20.0. The van der Waals surface area contributed by atoms with Crippen molar-refractivity contribution in [3.05, 3.63) is 109 Å². The average molecular weight is 572 g/mol. The molecule has 2 aromatic rings. The molecule has 0 spiro atoms. The second-order valence-electron chi connectivity index (χ2n) is 4.97. The third-order valence-corrected chi connectivity index (χ3v) is 4.54. The summed E-state index contributed by atoms with van der Waals surface area (Å²) >= 11 is 0. The Morgan fingerprint density at radius 1 is 0.640 bits per heavy atom. The number of rotatable bonds is 2. The molecule has 0 N–H and O–H groups in total. The van der Waals surface area contributed by atoms with Crippen molar-refractivity contribution in [2.45, 2.75) is 12.8 Å². The predicted octanol–water partition coefficient (Wildman–Crippen LogP) is 0.687. The summed E-state index contributed by atoms with van der Waals surface area (Å²) in [4.78, 5) is 0. The second kappa shape index (κ2) is 16.4. The van der Waals surface area contributed by atoms with Gasteiger partial charge in [-0.05, 0) is 0 Å². The molecule has 0 saturated carbocycles. The fraction of sp³-hybridized carbons (Fsp3) is 0.0909. The van der Waals surface area contributed by atoms with Gasteiger partial charge in [-0.3, -0.25) is 12.2 Å². The molecule has 0 aliphatic heterocycles. The summed E-state index contributed by atoms with van der Waals surface area (Å²) in [5.41, 5.74) is 0. The molecule has 0 unspecified atom stereocenters. The molecule has 0 fully saturated rings.